The first-order valence-corrected chi connectivity index (χ1v) is 14.2. The number of allylic oxidation sites excluding steroid dienone is 1. The van der Waals surface area contributed by atoms with E-state index in [0.717, 1.165) is 25.7 Å². The lowest BCUT2D eigenvalue weighted by Crippen LogP contribution is -2.59. The molecule has 3 unspecified atom stereocenters. The summed E-state index contributed by atoms with van der Waals surface area (Å²) in [6.45, 7) is 12.3. The second-order valence-corrected chi connectivity index (χ2v) is 11.2. The van der Waals surface area contributed by atoms with E-state index in [4.69, 9.17) is 9.47 Å². The van der Waals surface area contributed by atoms with Gasteiger partial charge in [0.15, 0.2) is 0 Å². The molecule has 3 aliphatic heterocycles. The van der Waals surface area contributed by atoms with Crippen molar-refractivity contribution in [1.29, 1.82) is 0 Å². The predicted octanol–water partition coefficient (Wildman–Crippen LogP) is 3.22. The minimum absolute atomic E-state index is 0.187. The number of fused-ring (bicyclic) bond motifs is 1. The number of likely N-dealkylation sites (tertiary alicyclic amines) is 1. The van der Waals surface area contributed by atoms with Crippen LogP contribution in [0.2, 0.25) is 0 Å². The largest absolute Gasteiger partial charge is 0.465 e. The lowest BCUT2D eigenvalue weighted by Gasteiger charge is -2.39. The van der Waals surface area contributed by atoms with Gasteiger partial charge in [0.05, 0.1) is 37.2 Å². The number of hydrogen-bond acceptors (Lipinski definition) is 6. The molecule has 9 heteroatoms. The van der Waals surface area contributed by atoms with E-state index in [9.17, 15) is 19.5 Å². The molecular weight excluding hydrogens is 528 g/mol. The minimum atomic E-state index is -1.15. The smallest absolute Gasteiger partial charge is 0.312 e. The molecule has 2 bridgehead atoms. The van der Waals surface area contributed by atoms with Gasteiger partial charge in [-0.15, -0.1) is 13.2 Å². The van der Waals surface area contributed by atoms with Gasteiger partial charge in [-0.3, -0.25) is 14.4 Å². The summed E-state index contributed by atoms with van der Waals surface area (Å²) in [5, 5.41) is 10.1. The molecule has 1 spiro atoms. The Morgan fingerprint density at radius 3 is 2.67 bits per heavy atom. The number of aliphatic hydroxyl groups excluding tert-OH is 1. The van der Waals surface area contributed by atoms with E-state index < -0.39 is 41.6 Å². The van der Waals surface area contributed by atoms with E-state index in [2.05, 4.69) is 36.0 Å². The second-order valence-electron chi connectivity index (χ2n) is 10.0. The third-order valence-corrected chi connectivity index (χ3v) is 8.64. The van der Waals surface area contributed by atoms with Crippen molar-refractivity contribution >= 4 is 33.7 Å². The van der Waals surface area contributed by atoms with E-state index in [1.807, 2.05) is 13.0 Å². The van der Waals surface area contributed by atoms with Crippen molar-refractivity contribution in [3.63, 3.8) is 0 Å². The number of unbranched alkanes of at least 4 members (excludes halogenated alkanes) is 3. The molecule has 0 aliphatic carbocycles. The molecule has 2 amide bonds. The zero-order chi connectivity index (χ0) is 26.5. The van der Waals surface area contributed by atoms with E-state index in [1.165, 1.54) is 4.90 Å². The molecule has 36 heavy (non-hydrogen) atoms. The topological polar surface area (TPSA) is 96.4 Å². The molecule has 3 heterocycles. The van der Waals surface area contributed by atoms with Gasteiger partial charge in [-0.25, -0.2) is 0 Å². The Kier molecular flexibility index (Phi) is 10.2. The summed E-state index contributed by atoms with van der Waals surface area (Å²) < 4.78 is 12.1. The van der Waals surface area contributed by atoms with Crippen molar-refractivity contribution in [1.82, 2.24) is 9.80 Å². The Balaban J connectivity index is 1.96. The number of halogens is 1. The quantitative estimate of drug-likeness (QED) is 0.141. The first-order chi connectivity index (χ1) is 17.3. The van der Waals surface area contributed by atoms with Crippen LogP contribution in [0.5, 0.6) is 0 Å². The van der Waals surface area contributed by atoms with Gasteiger partial charge in [0.1, 0.15) is 11.6 Å². The highest BCUT2D eigenvalue weighted by atomic mass is 79.9. The van der Waals surface area contributed by atoms with Crippen molar-refractivity contribution in [2.24, 2.45) is 11.8 Å². The maximum absolute atomic E-state index is 14.1. The van der Waals surface area contributed by atoms with Crippen LogP contribution in [0.1, 0.15) is 58.8 Å². The van der Waals surface area contributed by atoms with Crippen LogP contribution in [-0.4, -0.2) is 87.6 Å². The van der Waals surface area contributed by atoms with Crippen LogP contribution < -0.4 is 0 Å². The number of hydrogen-bond donors (Lipinski definition) is 1. The number of carbonyl (C=O) groups excluding carboxylic acids is 3. The Morgan fingerprint density at radius 1 is 1.31 bits per heavy atom. The lowest BCUT2D eigenvalue weighted by atomic mass is 9.70. The van der Waals surface area contributed by atoms with Gasteiger partial charge in [-0.1, -0.05) is 48.4 Å². The number of ether oxygens (including phenoxy) is 2. The van der Waals surface area contributed by atoms with Gasteiger partial charge in [-0.2, -0.15) is 0 Å². The average Bonchev–Trinajstić information content (AvgIpc) is 3.46. The third kappa shape index (κ3) is 5.16. The monoisotopic (exact) mass is 568 g/mol. The molecule has 0 aromatic heterocycles. The number of nitrogens with zero attached hydrogens (tertiary/aromatic N) is 2. The summed E-state index contributed by atoms with van der Waals surface area (Å²) in [6, 6.07) is -1.46. The van der Waals surface area contributed by atoms with Crippen molar-refractivity contribution in [2.45, 2.75) is 87.4 Å². The highest BCUT2D eigenvalue weighted by Gasteiger charge is 2.77. The number of rotatable bonds is 15. The molecule has 1 N–H and O–H groups in total. The van der Waals surface area contributed by atoms with Crippen LogP contribution in [0.15, 0.2) is 25.3 Å². The van der Waals surface area contributed by atoms with Crippen LogP contribution in [0.25, 0.3) is 0 Å². The van der Waals surface area contributed by atoms with E-state index in [0.29, 0.717) is 32.4 Å². The third-order valence-electron chi connectivity index (χ3n) is 7.80. The summed E-state index contributed by atoms with van der Waals surface area (Å²) in [6.07, 6.45) is 8.03. The molecule has 202 valence electrons. The van der Waals surface area contributed by atoms with Gasteiger partial charge >= 0.3 is 5.97 Å². The van der Waals surface area contributed by atoms with Crippen LogP contribution in [0.4, 0.5) is 0 Å². The summed E-state index contributed by atoms with van der Waals surface area (Å²) in [5.41, 5.74) is -1.15. The number of alkyl halides is 1. The van der Waals surface area contributed by atoms with E-state index in [-0.39, 0.29) is 29.9 Å². The predicted molar refractivity (Wildman–Crippen MR) is 140 cm³/mol. The molecule has 0 radical (unpaired) electrons. The van der Waals surface area contributed by atoms with Crippen molar-refractivity contribution < 1.29 is 29.0 Å². The molecule has 3 fully saturated rings. The summed E-state index contributed by atoms with van der Waals surface area (Å²) in [4.78, 5) is 44.4. The van der Waals surface area contributed by atoms with Crippen LogP contribution in [0, 0.1) is 11.8 Å². The lowest BCUT2D eigenvalue weighted by molar-refractivity contribution is -0.156. The highest BCUT2D eigenvalue weighted by Crippen LogP contribution is 2.60. The molecular formula is C27H41BrN2O6. The van der Waals surface area contributed by atoms with Crippen molar-refractivity contribution in [3.8, 4) is 0 Å². The molecule has 7 atom stereocenters. The first-order valence-electron chi connectivity index (χ1n) is 13.2. The first kappa shape index (κ1) is 28.9. The van der Waals surface area contributed by atoms with Gasteiger partial charge in [0.25, 0.3) is 0 Å². The van der Waals surface area contributed by atoms with Gasteiger partial charge in [0, 0.05) is 17.9 Å². The Hall–Kier alpha value is -1.71. The molecule has 8 nitrogen and oxygen atoms in total. The van der Waals surface area contributed by atoms with Crippen molar-refractivity contribution in [3.05, 3.63) is 25.3 Å². The molecule has 3 rings (SSSR count). The van der Waals surface area contributed by atoms with Crippen LogP contribution in [-0.2, 0) is 23.9 Å². The summed E-state index contributed by atoms with van der Waals surface area (Å²) >= 11 is 3.67. The SMILES string of the molecule is C=CCCCCOC(=O)[C@H]1[C@@H]2OC3(CC2Br)C(C(=O)N(CC=C)CCCC)N([C@@H](CC)CO)C(=O)[C@H]13. The molecule has 3 saturated heterocycles. The van der Waals surface area contributed by atoms with Crippen molar-refractivity contribution in [2.75, 3.05) is 26.3 Å². The maximum atomic E-state index is 14.1. The Bertz CT molecular complexity index is 833. The molecule has 3 aliphatic rings. The highest BCUT2D eigenvalue weighted by molar-refractivity contribution is 9.09. The summed E-state index contributed by atoms with van der Waals surface area (Å²) in [7, 11) is 0. The summed E-state index contributed by atoms with van der Waals surface area (Å²) in [5.74, 6) is -2.59. The van der Waals surface area contributed by atoms with Gasteiger partial charge in [0.2, 0.25) is 11.8 Å². The van der Waals surface area contributed by atoms with E-state index >= 15 is 0 Å². The van der Waals surface area contributed by atoms with E-state index in [1.54, 1.807) is 11.0 Å². The second kappa shape index (κ2) is 12.7. The standard InChI is InChI=1S/C27H41BrN2O6/c1-5-9-11-12-15-35-26(34)20-21-24(32)30(18(8-4)17-31)23(27(21)16-19(28)22(20)36-27)25(33)29(13-7-3)14-10-6-2/h5,7,18-23,31H,1,3,6,8-17H2,2,4H3/t18-,19?,20+,21-,22+,23?,27?/m0/s1. The fourth-order valence-electron chi connectivity index (χ4n) is 6.05. The molecule has 0 aromatic carbocycles. The number of carbonyl (C=O) groups is 3. The normalized spacial score (nSPS) is 31.3. The number of amides is 2. The Morgan fingerprint density at radius 2 is 2.06 bits per heavy atom. The zero-order valence-corrected chi connectivity index (χ0v) is 23.2. The fraction of sp³-hybridized carbons (Fsp3) is 0.741. The number of aliphatic hydroxyl groups is 1. The fourth-order valence-corrected chi connectivity index (χ4v) is 6.99. The van der Waals surface area contributed by atoms with Gasteiger partial charge in [-0.05, 0) is 38.5 Å². The maximum Gasteiger partial charge on any atom is 0.312 e. The number of esters is 1. The average molecular weight is 570 g/mol. The van der Waals surface area contributed by atoms with Crippen LogP contribution in [0.3, 0.4) is 0 Å². The Labute approximate surface area is 223 Å². The molecule has 0 saturated carbocycles. The molecule has 0 aromatic rings. The zero-order valence-electron chi connectivity index (χ0n) is 21.6. The minimum Gasteiger partial charge on any atom is -0.465 e. The van der Waals surface area contributed by atoms with Crippen LogP contribution >= 0.6 is 15.9 Å². The van der Waals surface area contributed by atoms with Gasteiger partial charge < -0.3 is 24.4 Å².